The lowest BCUT2D eigenvalue weighted by atomic mass is 10.1. The molecule has 1 saturated heterocycles. The number of methoxy groups -OCH3 is 2. The highest BCUT2D eigenvalue weighted by molar-refractivity contribution is 4.77. The number of likely N-dealkylation sites (N-methyl/N-ethyl adjacent to an activating group) is 1. The molecule has 0 amide bonds. The molecule has 1 N–H and O–H groups in total. The molecule has 90 valence electrons. The molecule has 0 aromatic carbocycles. The quantitative estimate of drug-likeness (QED) is 0.694. The van der Waals surface area contributed by atoms with Gasteiger partial charge in [0, 0.05) is 33.4 Å². The Bertz CT molecular complexity index is 167. The lowest BCUT2D eigenvalue weighted by Crippen LogP contribution is -2.47. The van der Waals surface area contributed by atoms with Crippen LogP contribution in [0.4, 0.5) is 0 Å². The van der Waals surface area contributed by atoms with E-state index < -0.39 is 0 Å². The maximum absolute atomic E-state index is 5.40. The van der Waals surface area contributed by atoms with Crippen LogP contribution in [0.3, 0.4) is 0 Å². The van der Waals surface area contributed by atoms with Gasteiger partial charge in [0.2, 0.25) is 0 Å². The van der Waals surface area contributed by atoms with Crippen LogP contribution in [0, 0.1) is 0 Å². The van der Waals surface area contributed by atoms with Crippen LogP contribution in [0.5, 0.6) is 0 Å². The summed E-state index contributed by atoms with van der Waals surface area (Å²) in [7, 11) is 5.54. The molecule has 0 radical (unpaired) electrons. The van der Waals surface area contributed by atoms with Crippen molar-refractivity contribution in [1.29, 1.82) is 0 Å². The molecule has 1 rings (SSSR count). The third kappa shape index (κ3) is 4.47. The number of ether oxygens (including phenoxy) is 2. The van der Waals surface area contributed by atoms with Gasteiger partial charge in [0.05, 0.1) is 12.7 Å². The van der Waals surface area contributed by atoms with Crippen molar-refractivity contribution >= 4 is 0 Å². The lowest BCUT2D eigenvalue weighted by Gasteiger charge is -2.34. The first-order valence-electron chi connectivity index (χ1n) is 5.71. The van der Waals surface area contributed by atoms with Crippen LogP contribution in [0.15, 0.2) is 0 Å². The summed E-state index contributed by atoms with van der Waals surface area (Å²) in [5.41, 5.74) is 0. The highest BCUT2D eigenvalue weighted by Gasteiger charge is 2.21. The van der Waals surface area contributed by atoms with Crippen LogP contribution in [-0.4, -0.2) is 64.6 Å². The number of likely N-dealkylation sites (tertiary alicyclic amines) is 1. The number of nitrogens with one attached hydrogen (secondary N) is 1. The van der Waals surface area contributed by atoms with E-state index in [4.69, 9.17) is 9.47 Å². The topological polar surface area (TPSA) is 33.7 Å². The normalized spacial score (nSPS) is 25.4. The van der Waals surface area contributed by atoms with Crippen LogP contribution in [0.25, 0.3) is 0 Å². The van der Waals surface area contributed by atoms with Gasteiger partial charge >= 0.3 is 0 Å². The molecule has 1 fully saturated rings. The van der Waals surface area contributed by atoms with Gasteiger partial charge in [-0.05, 0) is 26.4 Å². The van der Waals surface area contributed by atoms with E-state index in [-0.39, 0.29) is 0 Å². The molecule has 15 heavy (non-hydrogen) atoms. The molecule has 2 atom stereocenters. The average Bonchev–Trinajstić information content (AvgIpc) is 2.29. The van der Waals surface area contributed by atoms with Crippen molar-refractivity contribution in [2.45, 2.75) is 25.0 Å². The summed E-state index contributed by atoms with van der Waals surface area (Å²) in [5, 5.41) is 3.28. The minimum absolute atomic E-state index is 0.416. The summed E-state index contributed by atoms with van der Waals surface area (Å²) < 4.78 is 10.6. The van der Waals surface area contributed by atoms with Crippen molar-refractivity contribution in [1.82, 2.24) is 10.2 Å². The summed E-state index contributed by atoms with van der Waals surface area (Å²) in [6.45, 7) is 4.05. The van der Waals surface area contributed by atoms with Crippen LogP contribution >= 0.6 is 0 Å². The van der Waals surface area contributed by atoms with Crippen molar-refractivity contribution in [3.8, 4) is 0 Å². The molecule has 4 heteroatoms. The monoisotopic (exact) mass is 216 g/mol. The fraction of sp³-hybridized carbons (Fsp3) is 1.00. The summed E-state index contributed by atoms with van der Waals surface area (Å²) in [6, 6.07) is 0.422. The zero-order valence-corrected chi connectivity index (χ0v) is 10.2. The molecular formula is C11H24N2O2. The highest BCUT2D eigenvalue weighted by Crippen LogP contribution is 2.12. The van der Waals surface area contributed by atoms with Gasteiger partial charge in [0.25, 0.3) is 0 Å². The van der Waals surface area contributed by atoms with Gasteiger partial charge in [-0.2, -0.15) is 0 Å². The Morgan fingerprint density at radius 1 is 1.47 bits per heavy atom. The molecule has 1 aliphatic heterocycles. The van der Waals surface area contributed by atoms with Crippen LogP contribution < -0.4 is 5.32 Å². The fourth-order valence-corrected chi connectivity index (χ4v) is 2.11. The third-order valence-electron chi connectivity index (χ3n) is 3.05. The second-order valence-corrected chi connectivity index (χ2v) is 4.20. The van der Waals surface area contributed by atoms with E-state index >= 15 is 0 Å². The molecule has 2 unspecified atom stereocenters. The second-order valence-electron chi connectivity index (χ2n) is 4.20. The Hall–Kier alpha value is -0.160. The number of hydrogen-bond donors (Lipinski definition) is 1. The van der Waals surface area contributed by atoms with Gasteiger partial charge in [0.1, 0.15) is 0 Å². The standard InChI is InChI=1S/C11H24N2O2/c1-12-10(9-14-2)7-13-6-4-5-11(8-13)15-3/h10-12H,4-9H2,1-3H3. The number of rotatable bonds is 6. The molecule has 0 aliphatic carbocycles. The smallest absolute Gasteiger partial charge is 0.0698 e. The summed E-state index contributed by atoms with van der Waals surface area (Å²) in [4.78, 5) is 2.46. The molecule has 0 spiro atoms. The van der Waals surface area contributed by atoms with E-state index in [9.17, 15) is 0 Å². The highest BCUT2D eigenvalue weighted by atomic mass is 16.5. The Morgan fingerprint density at radius 2 is 2.27 bits per heavy atom. The molecule has 0 aromatic rings. The van der Waals surface area contributed by atoms with Crippen molar-refractivity contribution in [2.75, 3.05) is 47.5 Å². The maximum atomic E-state index is 5.40. The Balaban J connectivity index is 2.29. The molecule has 0 saturated carbocycles. The van der Waals surface area contributed by atoms with Gasteiger partial charge in [-0.3, -0.25) is 4.90 Å². The first-order valence-corrected chi connectivity index (χ1v) is 5.71. The van der Waals surface area contributed by atoms with Gasteiger partial charge < -0.3 is 14.8 Å². The van der Waals surface area contributed by atoms with Gasteiger partial charge in [-0.15, -0.1) is 0 Å². The number of piperidine rings is 1. The minimum Gasteiger partial charge on any atom is -0.383 e. The Labute approximate surface area is 92.9 Å². The van der Waals surface area contributed by atoms with Crippen LogP contribution in [0.2, 0.25) is 0 Å². The molecule has 4 nitrogen and oxygen atoms in total. The predicted octanol–water partition coefficient (Wildman–Crippen LogP) is 0.332. The molecule has 0 aromatic heterocycles. The van der Waals surface area contributed by atoms with E-state index in [1.807, 2.05) is 7.05 Å². The SMILES string of the molecule is CNC(COC)CN1CCCC(OC)C1. The maximum Gasteiger partial charge on any atom is 0.0698 e. The second kappa shape index (κ2) is 7.17. The van der Waals surface area contributed by atoms with E-state index in [0.29, 0.717) is 12.1 Å². The van der Waals surface area contributed by atoms with E-state index in [0.717, 1.165) is 19.7 Å². The minimum atomic E-state index is 0.416. The molecule has 1 heterocycles. The van der Waals surface area contributed by atoms with E-state index in [2.05, 4.69) is 10.2 Å². The fourth-order valence-electron chi connectivity index (χ4n) is 2.11. The molecule has 1 aliphatic rings. The van der Waals surface area contributed by atoms with E-state index in [1.54, 1.807) is 14.2 Å². The number of hydrogen-bond acceptors (Lipinski definition) is 4. The largest absolute Gasteiger partial charge is 0.383 e. The first-order chi connectivity index (χ1) is 7.30. The summed E-state index contributed by atoms with van der Waals surface area (Å²) in [6.07, 6.45) is 2.85. The average molecular weight is 216 g/mol. The first kappa shape index (κ1) is 12.9. The zero-order chi connectivity index (χ0) is 11.1. The van der Waals surface area contributed by atoms with Crippen molar-refractivity contribution in [3.05, 3.63) is 0 Å². The van der Waals surface area contributed by atoms with Gasteiger partial charge in [0.15, 0.2) is 0 Å². The third-order valence-corrected chi connectivity index (χ3v) is 3.05. The summed E-state index contributed by atoms with van der Waals surface area (Å²) in [5.74, 6) is 0. The van der Waals surface area contributed by atoms with Crippen molar-refractivity contribution in [2.24, 2.45) is 0 Å². The van der Waals surface area contributed by atoms with Crippen LogP contribution in [0.1, 0.15) is 12.8 Å². The zero-order valence-electron chi connectivity index (χ0n) is 10.2. The van der Waals surface area contributed by atoms with E-state index in [1.165, 1.54) is 19.4 Å². The Kier molecular flexibility index (Phi) is 6.17. The molecular weight excluding hydrogens is 192 g/mol. The van der Waals surface area contributed by atoms with Gasteiger partial charge in [-0.1, -0.05) is 0 Å². The predicted molar refractivity (Wildman–Crippen MR) is 61.2 cm³/mol. The van der Waals surface area contributed by atoms with Gasteiger partial charge in [-0.25, -0.2) is 0 Å². The van der Waals surface area contributed by atoms with Crippen LogP contribution in [-0.2, 0) is 9.47 Å². The number of nitrogens with zero attached hydrogens (tertiary/aromatic N) is 1. The van der Waals surface area contributed by atoms with Crippen molar-refractivity contribution in [3.63, 3.8) is 0 Å². The summed E-state index contributed by atoms with van der Waals surface area (Å²) >= 11 is 0. The Morgan fingerprint density at radius 3 is 2.87 bits per heavy atom. The molecule has 0 bridgehead atoms. The van der Waals surface area contributed by atoms with Crippen molar-refractivity contribution < 1.29 is 9.47 Å². The lowest BCUT2D eigenvalue weighted by molar-refractivity contribution is 0.0241.